The van der Waals surface area contributed by atoms with Crippen molar-refractivity contribution in [1.29, 1.82) is 0 Å². The summed E-state index contributed by atoms with van der Waals surface area (Å²) in [5.74, 6) is 1.50. The zero-order chi connectivity index (χ0) is 10.1. The maximum absolute atomic E-state index is 5.49. The summed E-state index contributed by atoms with van der Waals surface area (Å²) in [5.41, 5.74) is 2.18. The number of nitrogens with zero attached hydrogens (tertiary/aromatic N) is 1. The molecule has 0 spiro atoms. The third-order valence-electron chi connectivity index (χ3n) is 2.06. The lowest BCUT2D eigenvalue weighted by atomic mass is 10.1. The fourth-order valence-corrected chi connectivity index (χ4v) is 2.01. The Balaban J connectivity index is 2.61. The van der Waals surface area contributed by atoms with E-state index in [9.17, 15) is 0 Å². The molecule has 3 heteroatoms. The summed E-state index contributed by atoms with van der Waals surface area (Å²) >= 11 is 3.49. The van der Waals surface area contributed by atoms with Crippen LogP contribution in [0, 0.1) is 13.8 Å². The quantitative estimate of drug-likeness (QED) is 0.773. The maximum Gasteiger partial charge on any atom is 0.227 e. The molecule has 0 saturated carbocycles. The van der Waals surface area contributed by atoms with Crippen molar-refractivity contribution in [3.8, 4) is 11.5 Å². The first-order chi connectivity index (χ1) is 6.68. The van der Waals surface area contributed by atoms with Crippen LogP contribution in [0.25, 0.3) is 11.5 Å². The first-order valence-corrected chi connectivity index (χ1v) is 5.15. The van der Waals surface area contributed by atoms with Crippen molar-refractivity contribution in [2.75, 3.05) is 0 Å². The van der Waals surface area contributed by atoms with Crippen LogP contribution in [0.15, 0.2) is 33.3 Å². The summed E-state index contributed by atoms with van der Waals surface area (Å²) in [5, 5.41) is 0. The van der Waals surface area contributed by atoms with Gasteiger partial charge in [-0.2, -0.15) is 0 Å². The summed E-state index contributed by atoms with van der Waals surface area (Å²) < 4.78 is 6.50. The molecule has 0 saturated heterocycles. The van der Waals surface area contributed by atoms with Crippen LogP contribution in [0.4, 0.5) is 0 Å². The van der Waals surface area contributed by atoms with E-state index in [2.05, 4.69) is 20.9 Å². The standard InChI is InChI=1S/C11H10BrNO/c1-7-4-3-5-9(12)10(7)11-13-6-8(2)14-11/h3-6H,1-2H3. The van der Waals surface area contributed by atoms with Gasteiger partial charge in [0.25, 0.3) is 0 Å². The Morgan fingerprint density at radius 1 is 1.29 bits per heavy atom. The number of oxazole rings is 1. The van der Waals surface area contributed by atoms with Crippen LogP contribution in [0.1, 0.15) is 11.3 Å². The summed E-state index contributed by atoms with van der Waals surface area (Å²) in [7, 11) is 0. The molecule has 1 aromatic heterocycles. The Hall–Kier alpha value is -1.09. The van der Waals surface area contributed by atoms with Gasteiger partial charge < -0.3 is 4.42 Å². The molecule has 0 radical (unpaired) electrons. The molecular weight excluding hydrogens is 242 g/mol. The van der Waals surface area contributed by atoms with Gasteiger partial charge in [-0.15, -0.1) is 0 Å². The minimum atomic E-state index is 0.674. The second kappa shape index (κ2) is 3.58. The molecule has 0 aliphatic heterocycles. The molecule has 0 aliphatic carbocycles. The molecule has 0 N–H and O–H groups in total. The van der Waals surface area contributed by atoms with Crippen LogP contribution in [-0.2, 0) is 0 Å². The topological polar surface area (TPSA) is 26.0 Å². The summed E-state index contributed by atoms with van der Waals surface area (Å²) in [6.07, 6.45) is 1.73. The minimum Gasteiger partial charge on any atom is -0.441 e. The molecule has 14 heavy (non-hydrogen) atoms. The normalized spacial score (nSPS) is 10.5. The highest BCUT2D eigenvalue weighted by molar-refractivity contribution is 9.10. The Morgan fingerprint density at radius 3 is 2.64 bits per heavy atom. The molecule has 2 rings (SSSR count). The minimum absolute atomic E-state index is 0.674. The zero-order valence-electron chi connectivity index (χ0n) is 8.04. The molecule has 72 valence electrons. The van der Waals surface area contributed by atoms with E-state index in [0.29, 0.717) is 5.89 Å². The van der Waals surface area contributed by atoms with Crippen molar-refractivity contribution < 1.29 is 4.42 Å². The highest BCUT2D eigenvalue weighted by Gasteiger charge is 2.10. The van der Waals surface area contributed by atoms with Gasteiger partial charge >= 0.3 is 0 Å². The van der Waals surface area contributed by atoms with Gasteiger partial charge in [0.1, 0.15) is 5.76 Å². The Morgan fingerprint density at radius 2 is 2.07 bits per heavy atom. The molecule has 1 heterocycles. The molecule has 0 aliphatic rings. The predicted octanol–water partition coefficient (Wildman–Crippen LogP) is 3.72. The molecule has 2 nitrogen and oxygen atoms in total. The molecule has 1 aromatic carbocycles. The lowest BCUT2D eigenvalue weighted by Gasteiger charge is -2.03. The van der Waals surface area contributed by atoms with Crippen molar-refractivity contribution in [2.45, 2.75) is 13.8 Å². The van der Waals surface area contributed by atoms with Gasteiger partial charge in [-0.05, 0) is 41.4 Å². The number of benzene rings is 1. The second-order valence-corrected chi connectivity index (χ2v) is 4.06. The predicted molar refractivity (Wildman–Crippen MR) is 59.1 cm³/mol. The van der Waals surface area contributed by atoms with E-state index < -0.39 is 0 Å². The third kappa shape index (κ3) is 1.60. The van der Waals surface area contributed by atoms with Crippen molar-refractivity contribution >= 4 is 15.9 Å². The molecular formula is C11H10BrNO. The smallest absolute Gasteiger partial charge is 0.227 e. The second-order valence-electron chi connectivity index (χ2n) is 3.21. The number of rotatable bonds is 1. The van der Waals surface area contributed by atoms with Gasteiger partial charge in [0.15, 0.2) is 0 Å². The highest BCUT2D eigenvalue weighted by atomic mass is 79.9. The number of aromatic nitrogens is 1. The van der Waals surface area contributed by atoms with E-state index in [1.807, 2.05) is 32.0 Å². The van der Waals surface area contributed by atoms with Gasteiger partial charge in [-0.3, -0.25) is 0 Å². The third-order valence-corrected chi connectivity index (χ3v) is 2.72. The summed E-state index contributed by atoms with van der Waals surface area (Å²) in [6, 6.07) is 6.03. The number of hydrogen-bond donors (Lipinski definition) is 0. The average Bonchev–Trinajstić information content (AvgIpc) is 2.51. The van der Waals surface area contributed by atoms with Crippen LogP contribution in [0.5, 0.6) is 0 Å². The van der Waals surface area contributed by atoms with E-state index in [1.165, 1.54) is 0 Å². The van der Waals surface area contributed by atoms with Crippen LogP contribution in [0.2, 0.25) is 0 Å². The number of halogens is 1. The molecule has 2 aromatic rings. The van der Waals surface area contributed by atoms with Crippen molar-refractivity contribution in [2.24, 2.45) is 0 Å². The molecule has 0 amide bonds. The highest BCUT2D eigenvalue weighted by Crippen LogP contribution is 2.30. The van der Waals surface area contributed by atoms with Crippen LogP contribution in [-0.4, -0.2) is 4.98 Å². The monoisotopic (exact) mass is 251 g/mol. The zero-order valence-corrected chi connectivity index (χ0v) is 9.63. The lowest BCUT2D eigenvalue weighted by Crippen LogP contribution is -1.84. The van der Waals surface area contributed by atoms with E-state index in [-0.39, 0.29) is 0 Å². The fraction of sp³-hybridized carbons (Fsp3) is 0.182. The SMILES string of the molecule is Cc1cnc(-c2c(C)cccc2Br)o1. The molecule has 0 unspecified atom stereocenters. The molecule has 0 fully saturated rings. The maximum atomic E-state index is 5.49. The van der Waals surface area contributed by atoms with E-state index in [4.69, 9.17) is 4.42 Å². The van der Waals surface area contributed by atoms with Gasteiger partial charge in [0, 0.05) is 4.47 Å². The van der Waals surface area contributed by atoms with E-state index in [0.717, 1.165) is 21.4 Å². The summed E-state index contributed by atoms with van der Waals surface area (Å²) in [4.78, 5) is 4.21. The molecule has 0 bridgehead atoms. The number of hydrogen-bond acceptors (Lipinski definition) is 2. The van der Waals surface area contributed by atoms with Crippen LogP contribution >= 0.6 is 15.9 Å². The first kappa shape index (κ1) is 9.46. The average molecular weight is 252 g/mol. The fourth-order valence-electron chi connectivity index (χ4n) is 1.37. The molecule has 0 atom stereocenters. The Kier molecular flexibility index (Phi) is 2.42. The van der Waals surface area contributed by atoms with E-state index in [1.54, 1.807) is 6.20 Å². The Labute approximate surface area is 91.1 Å². The van der Waals surface area contributed by atoms with Gasteiger partial charge in [-0.1, -0.05) is 12.1 Å². The van der Waals surface area contributed by atoms with Gasteiger partial charge in [0.2, 0.25) is 5.89 Å². The summed E-state index contributed by atoms with van der Waals surface area (Å²) in [6.45, 7) is 3.93. The van der Waals surface area contributed by atoms with Gasteiger partial charge in [-0.25, -0.2) is 4.98 Å². The van der Waals surface area contributed by atoms with Crippen molar-refractivity contribution in [1.82, 2.24) is 4.98 Å². The largest absolute Gasteiger partial charge is 0.441 e. The van der Waals surface area contributed by atoms with Crippen LogP contribution < -0.4 is 0 Å². The van der Waals surface area contributed by atoms with Gasteiger partial charge in [0.05, 0.1) is 11.8 Å². The first-order valence-electron chi connectivity index (χ1n) is 4.36. The van der Waals surface area contributed by atoms with E-state index >= 15 is 0 Å². The van der Waals surface area contributed by atoms with Crippen molar-refractivity contribution in [3.63, 3.8) is 0 Å². The Bertz CT molecular complexity index is 442. The van der Waals surface area contributed by atoms with Crippen LogP contribution in [0.3, 0.4) is 0 Å². The number of aryl methyl sites for hydroxylation is 2. The van der Waals surface area contributed by atoms with Crippen molar-refractivity contribution in [3.05, 3.63) is 40.2 Å². The lowest BCUT2D eigenvalue weighted by molar-refractivity contribution is 0.542.